The number of thioether (sulfide) groups is 1. The van der Waals surface area contributed by atoms with Crippen molar-refractivity contribution in [3.8, 4) is 0 Å². The van der Waals surface area contributed by atoms with E-state index in [1.807, 2.05) is 6.92 Å². The molecule has 0 aromatic carbocycles. The number of carbonyl (C=O) groups excluding carboxylic acids is 1. The topological polar surface area (TPSA) is 47.9 Å². The van der Waals surface area contributed by atoms with E-state index in [0.717, 1.165) is 5.04 Å². The van der Waals surface area contributed by atoms with Crippen LogP contribution in [0.3, 0.4) is 0 Å². The number of nitrogens with zero attached hydrogens (tertiary/aromatic N) is 1. The highest BCUT2D eigenvalue weighted by molar-refractivity contribution is 8.14. The molecule has 1 fully saturated rings. The van der Waals surface area contributed by atoms with Crippen LogP contribution in [0.2, 0.25) is 0 Å². The minimum atomic E-state index is -0.248. The molecule has 0 unspecified atom stereocenters. The van der Waals surface area contributed by atoms with Crippen LogP contribution in [-0.2, 0) is 14.3 Å². The molecule has 2 aliphatic rings. The third-order valence-electron chi connectivity index (χ3n) is 3.61. The lowest BCUT2D eigenvalue weighted by atomic mass is 9.83. The Balaban J connectivity index is 2.01. The van der Waals surface area contributed by atoms with Crippen molar-refractivity contribution >= 4 is 22.8 Å². The Bertz CT molecular complexity index is 345. The summed E-state index contributed by atoms with van der Waals surface area (Å²) in [6.07, 6.45) is -0.0104. The standard InChI is InChI=1S/C12H19NO3S/c1-6-7(2)11-12(17-8(3)13-11)16-10(6)5-15-9(4)14/h6-7,10-12H,5H2,1-4H3/t6-,7-,10+,11+,12+/m0/s1. The first-order valence-electron chi connectivity index (χ1n) is 5.99. The second-order valence-electron chi connectivity index (χ2n) is 4.82. The molecule has 0 aromatic rings. The molecule has 2 aliphatic heterocycles. The Kier molecular flexibility index (Phi) is 3.78. The third kappa shape index (κ3) is 2.65. The lowest BCUT2D eigenvalue weighted by Gasteiger charge is -2.40. The van der Waals surface area contributed by atoms with E-state index >= 15 is 0 Å². The van der Waals surface area contributed by atoms with Gasteiger partial charge in [0.05, 0.1) is 17.2 Å². The van der Waals surface area contributed by atoms with E-state index in [1.54, 1.807) is 11.8 Å². The van der Waals surface area contributed by atoms with Gasteiger partial charge in [-0.25, -0.2) is 0 Å². The van der Waals surface area contributed by atoms with E-state index < -0.39 is 0 Å². The second-order valence-corrected chi connectivity index (χ2v) is 6.11. The molecule has 0 aromatic heterocycles. The number of rotatable bonds is 2. The molecule has 4 nitrogen and oxygen atoms in total. The molecule has 0 bridgehead atoms. The number of fused-ring (bicyclic) bond motifs is 1. The molecule has 0 spiro atoms. The molecule has 5 heteroatoms. The van der Waals surface area contributed by atoms with Crippen molar-refractivity contribution in [3.63, 3.8) is 0 Å². The van der Waals surface area contributed by atoms with Gasteiger partial charge >= 0.3 is 5.97 Å². The van der Waals surface area contributed by atoms with Gasteiger partial charge in [0.2, 0.25) is 0 Å². The lowest BCUT2D eigenvalue weighted by Crippen LogP contribution is -2.47. The van der Waals surface area contributed by atoms with Crippen LogP contribution in [0.1, 0.15) is 27.7 Å². The van der Waals surface area contributed by atoms with Gasteiger partial charge in [-0.2, -0.15) is 0 Å². The number of aliphatic imine (C=N–C) groups is 1. The number of esters is 1. The normalized spacial score (nSPS) is 40.7. The summed E-state index contributed by atoms with van der Waals surface area (Å²) in [7, 11) is 0. The fraction of sp³-hybridized carbons (Fsp3) is 0.833. The Morgan fingerprint density at radius 1 is 1.47 bits per heavy atom. The molecule has 5 atom stereocenters. The number of hydrogen-bond donors (Lipinski definition) is 0. The molecule has 2 heterocycles. The highest BCUT2D eigenvalue weighted by Crippen LogP contribution is 2.41. The monoisotopic (exact) mass is 257 g/mol. The van der Waals surface area contributed by atoms with Crippen LogP contribution >= 0.6 is 11.8 Å². The predicted molar refractivity (Wildman–Crippen MR) is 68.1 cm³/mol. The summed E-state index contributed by atoms with van der Waals surface area (Å²) in [4.78, 5) is 15.5. The average molecular weight is 257 g/mol. The molecule has 96 valence electrons. The molecule has 1 saturated heterocycles. The Morgan fingerprint density at radius 2 is 2.18 bits per heavy atom. The first-order valence-corrected chi connectivity index (χ1v) is 6.87. The summed E-state index contributed by atoms with van der Waals surface area (Å²) in [5, 5.41) is 1.09. The smallest absolute Gasteiger partial charge is 0.302 e. The maximum atomic E-state index is 10.8. The summed E-state index contributed by atoms with van der Waals surface area (Å²) < 4.78 is 11.0. The van der Waals surface area contributed by atoms with Gasteiger partial charge < -0.3 is 9.47 Å². The Morgan fingerprint density at radius 3 is 2.82 bits per heavy atom. The highest BCUT2D eigenvalue weighted by atomic mass is 32.2. The Labute approximate surface area is 106 Å². The van der Waals surface area contributed by atoms with Crippen molar-refractivity contribution in [3.05, 3.63) is 0 Å². The molecule has 17 heavy (non-hydrogen) atoms. The van der Waals surface area contributed by atoms with Crippen molar-refractivity contribution in [2.75, 3.05) is 6.61 Å². The molecule has 0 radical (unpaired) electrons. The fourth-order valence-electron chi connectivity index (χ4n) is 2.35. The van der Waals surface area contributed by atoms with Crippen LogP contribution in [0.15, 0.2) is 4.99 Å². The molecule has 0 N–H and O–H groups in total. The van der Waals surface area contributed by atoms with E-state index in [0.29, 0.717) is 18.4 Å². The van der Waals surface area contributed by atoms with Gasteiger partial charge in [0.1, 0.15) is 12.0 Å². The van der Waals surface area contributed by atoms with Gasteiger partial charge in [0, 0.05) is 6.92 Å². The zero-order chi connectivity index (χ0) is 12.6. The van der Waals surface area contributed by atoms with Crippen molar-refractivity contribution in [2.45, 2.75) is 45.3 Å². The maximum absolute atomic E-state index is 10.8. The van der Waals surface area contributed by atoms with Crippen molar-refractivity contribution < 1.29 is 14.3 Å². The van der Waals surface area contributed by atoms with Gasteiger partial charge in [0.25, 0.3) is 0 Å². The van der Waals surface area contributed by atoms with Crippen LogP contribution in [-0.4, -0.2) is 35.2 Å². The van der Waals surface area contributed by atoms with Gasteiger partial charge in [-0.1, -0.05) is 25.6 Å². The number of carbonyl (C=O) groups is 1. The summed E-state index contributed by atoms with van der Waals surface area (Å²) in [5.74, 6) is 0.562. The lowest BCUT2D eigenvalue weighted by molar-refractivity contribution is -0.152. The minimum Gasteiger partial charge on any atom is -0.463 e. The fourth-order valence-corrected chi connectivity index (χ4v) is 3.51. The van der Waals surface area contributed by atoms with E-state index in [2.05, 4.69) is 18.8 Å². The molecule has 0 amide bonds. The summed E-state index contributed by atoms with van der Waals surface area (Å²) in [6, 6.07) is 0.253. The van der Waals surface area contributed by atoms with Crippen molar-refractivity contribution in [1.82, 2.24) is 0 Å². The van der Waals surface area contributed by atoms with Gasteiger partial charge in [0.15, 0.2) is 0 Å². The summed E-state index contributed by atoms with van der Waals surface area (Å²) in [5.41, 5.74) is 0.0989. The van der Waals surface area contributed by atoms with Gasteiger partial charge in [-0.05, 0) is 18.8 Å². The average Bonchev–Trinajstić information content (AvgIpc) is 2.62. The molecule has 2 rings (SSSR count). The largest absolute Gasteiger partial charge is 0.463 e. The molecular weight excluding hydrogens is 238 g/mol. The zero-order valence-electron chi connectivity index (χ0n) is 10.7. The van der Waals surface area contributed by atoms with Crippen LogP contribution in [0, 0.1) is 11.8 Å². The predicted octanol–water partition coefficient (Wildman–Crippen LogP) is 2.08. The van der Waals surface area contributed by atoms with Gasteiger partial charge in [-0.3, -0.25) is 9.79 Å². The zero-order valence-corrected chi connectivity index (χ0v) is 11.5. The van der Waals surface area contributed by atoms with Gasteiger partial charge in [-0.15, -0.1) is 0 Å². The van der Waals surface area contributed by atoms with Crippen LogP contribution in [0.25, 0.3) is 0 Å². The van der Waals surface area contributed by atoms with E-state index in [9.17, 15) is 4.79 Å². The van der Waals surface area contributed by atoms with E-state index in [1.165, 1.54) is 6.92 Å². The SMILES string of the molecule is CC(=O)OC[C@H]1O[C@@H]2SC(C)=N[C@@H]2[C@@H](C)[C@@H]1C. The molecule has 0 saturated carbocycles. The molecule has 0 aliphatic carbocycles. The first kappa shape index (κ1) is 12.9. The number of ether oxygens (including phenoxy) is 2. The quantitative estimate of drug-likeness (QED) is 0.711. The highest BCUT2D eigenvalue weighted by Gasteiger charge is 2.44. The van der Waals surface area contributed by atoms with Crippen LogP contribution in [0.5, 0.6) is 0 Å². The van der Waals surface area contributed by atoms with Crippen LogP contribution in [0.4, 0.5) is 0 Å². The van der Waals surface area contributed by atoms with Crippen molar-refractivity contribution in [2.24, 2.45) is 16.8 Å². The first-order chi connectivity index (χ1) is 7.99. The van der Waals surface area contributed by atoms with Crippen LogP contribution < -0.4 is 0 Å². The molecular formula is C12H19NO3S. The third-order valence-corrected chi connectivity index (χ3v) is 4.68. The second kappa shape index (κ2) is 4.98. The van der Waals surface area contributed by atoms with E-state index in [4.69, 9.17) is 9.47 Å². The van der Waals surface area contributed by atoms with Crippen molar-refractivity contribution in [1.29, 1.82) is 0 Å². The summed E-state index contributed by atoms with van der Waals surface area (Å²) in [6.45, 7) is 8.14. The van der Waals surface area contributed by atoms with E-state index in [-0.39, 0.29) is 23.6 Å². The summed E-state index contributed by atoms with van der Waals surface area (Å²) >= 11 is 1.68. The minimum absolute atomic E-state index is 0.0104. The Hall–Kier alpha value is -0.550. The maximum Gasteiger partial charge on any atom is 0.302 e. The number of hydrogen-bond acceptors (Lipinski definition) is 5.